The molecule has 164 valence electrons. The lowest BCUT2D eigenvalue weighted by Crippen LogP contribution is -2.44. The van der Waals surface area contributed by atoms with Crippen molar-refractivity contribution in [3.8, 4) is 11.3 Å². The Morgan fingerprint density at radius 1 is 1.16 bits per heavy atom. The van der Waals surface area contributed by atoms with E-state index in [9.17, 15) is 4.79 Å². The Bertz CT molecular complexity index is 1210. The van der Waals surface area contributed by atoms with E-state index in [2.05, 4.69) is 17.0 Å². The molecule has 1 saturated heterocycles. The van der Waals surface area contributed by atoms with E-state index >= 15 is 0 Å². The summed E-state index contributed by atoms with van der Waals surface area (Å²) in [7, 11) is 4.05. The fourth-order valence-corrected chi connectivity index (χ4v) is 4.39. The minimum absolute atomic E-state index is 0.0154. The van der Waals surface area contributed by atoms with Crippen molar-refractivity contribution in [3.63, 3.8) is 0 Å². The van der Waals surface area contributed by atoms with Gasteiger partial charge in [0.2, 0.25) is 0 Å². The van der Waals surface area contributed by atoms with Crippen molar-refractivity contribution >= 4 is 16.9 Å². The number of rotatable bonds is 5. The maximum absolute atomic E-state index is 13.7. The van der Waals surface area contributed by atoms with Gasteiger partial charge in [0.1, 0.15) is 12.3 Å². The van der Waals surface area contributed by atoms with Gasteiger partial charge in [-0.3, -0.25) is 4.79 Å². The van der Waals surface area contributed by atoms with Gasteiger partial charge >= 0.3 is 0 Å². The molecule has 1 aliphatic rings. The summed E-state index contributed by atoms with van der Waals surface area (Å²) in [5.74, 6) is 0.805. The van der Waals surface area contributed by atoms with Crippen molar-refractivity contribution in [3.05, 3.63) is 72.3 Å². The van der Waals surface area contributed by atoms with E-state index < -0.39 is 0 Å². The predicted octanol–water partition coefficient (Wildman–Crippen LogP) is 3.91. The molecule has 0 aliphatic carbocycles. The molecule has 4 heterocycles. The van der Waals surface area contributed by atoms with Crippen LogP contribution in [0.2, 0.25) is 0 Å². The Kier molecular flexibility index (Phi) is 5.49. The van der Waals surface area contributed by atoms with Crippen LogP contribution in [0.4, 0.5) is 0 Å². The van der Waals surface area contributed by atoms with Crippen LogP contribution >= 0.6 is 0 Å². The van der Waals surface area contributed by atoms with E-state index in [1.807, 2.05) is 60.5 Å². The molecule has 3 aromatic heterocycles. The molecule has 5 rings (SSSR count). The SMILES string of the molecule is CN1CCC(N(C)C(=O)c2cc(-c3ccccc3)nc3c2cnn3Cc2ccco2)CC1. The van der Waals surface area contributed by atoms with E-state index in [0.29, 0.717) is 17.8 Å². The Balaban J connectivity index is 1.57. The Labute approximate surface area is 187 Å². The number of amides is 1. The third kappa shape index (κ3) is 3.91. The highest BCUT2D eigenvalue weighted by atomic mass is 16.3. The molecule has 1 aromatic carbocycles. The smallest absolute Gasteiger partial charge is 0.254 e. The third-order valence-electron chi connectivity index (χ3n) is 6.35. The van der Waals surface area contributed by atoms with E-state index in [1.54, 1.807) is 17.1 Å². The Morgan fingerprint density at radius 2 is 1.94 bits per heavy atom. The van der Waals surface area contributed by atoms with Crippen LogP contribution in [0.3, 0.4) is 0 Å². The second kappa shape index (κ2) is 8.59. The maximum Gasteiger partial charge on any atom is 0.254 e. The highest BCUT2D eigenvalue weighted by Gasteiger charge is 2.27. The van der Waals surface area contributed by atoms with E-state index in [4.69, 9.17) is 9.40 Å². The van der Waals surface area contributed by atoms with Gasteiger partial charge in [0.25, 0.3) is 5.91 Å². The van der Waals surface area contributed by atoms with Crippen LogP contribution in [0.5, 0.6) is 0 Å². The molecule has 32 heavy (non-hydrogen) atoms. The van der Waals surface area contributed by atoms with Gasteiger partial charge in [-0.2, -0.15) is 5.10 Å². The zero-order valence-electron chi connectivity index (χ0n) is 18.4. The van der Waals surface area contributed by atoms with Crippen LogP contribution in [-0.2, 0) is 6.54 Å². The fraction of sp³-hybridized carbons (Fsp3) is 0.320. The molecule has 0 unspecified atom stereocenters. The summed E-state index contributed by atoms with van der Waals surface area (Å²) in [6.45, 7) is 2.47. The lowest BCUT2D eigenvalue weighted by Gasteiger charge is -2.35. The number of benzene rings is 1. The highest BCUT2D eigenvalue weighted by molar-refractivity contribution is 6.06. The number of pyridine rings is 1. The summed E-state index contributed by atoms with van der Waals surface area (Å²) < 4.78 is 7.31. The Morgan fingerprint density at radius 3 is 2.66 bits per heavy atom. The van der Waals surface area contributed by atoms with Crippen LogP contribution in [0, 0.1) is 0 Å². The summed E-state index contributed by atoms with van der Waals surface area (Å²) in [5.41, 5.74) is 3.06. The highest BCUT2D eigenvalue weighted by Crippen LogP contribution is 2.27. The molecule has 0 radical (unpaired) electrons. The summed E-state index contributed by atoms with van der Waals surface area (Å²) in [5, 5.41) is 5.31. The number of hydrogen-bond donors (Lipinski definition) is 0. The first-order chi connectivity index (χ1) is 15.6. The molecule has 1 aliphatic heterocycles. The minimum atomic E-state index is 0.0154. The first kappa shape index (κ1) is 20.5. The number of likely N-dealkylation sites (tertiary alicyclic amines) is 1. The molecule has 0 N–H and O–H groups in total. The second-order valence-electron chi connectivity index (χ2n) is 8.49. The van der Waals surface area contributed by atoms with Crippen LogP contribution in [0.25, 0.3) is 22.3 Å². The molecule has 0 atom stereocenters. The van der Waals surface area contributed by atoms with Gasteiger partial charge < -0.3 is 14.2 Å². The molecule has 1 fully saturated rings. The van der Waals surface area contributed by atoms with Crippen LogP contribution < -0.4 is 0 Å². The largest absolute Gasteiger partial charge is 0.467 e. The molecule has 7 nitrogen and oxygen atoms in total. The number of fused-ring (bicyclic) bond motifs is 1. The molecule has 0 spiro atoms. The van der Waals surface area contributed by atoms with Crippen molar-refractivity contribution in [2.45, 2.75) is 25.4 Å². The monoisotopic (exact) mass is 429 g/mol. The van der Waals surface area contributed by atoms with E-state index in [-0.39, 0.29) is 11.9 Å². The topological polar surface area (TPSA) is 67.4 Å². The van der Waals surface area contributed by atoms with Crippen molar-refractivity contribution < 1.29 is 9.21 Å². The summed E-state index contributed by atoms with van der Waals surface area (Å²) in [6, 6.07) is 15.9. The number of aromatic nitrogens is 3. The van der Waals surface area contributed by atoms with Gasteiger partial charge in [-0.05, 0) is 51.2 Å². The molecule has 1 amide bonds. The minimum Gasteiger partial charge on any atom is -0.467 e. The first-order valence-corrected chi connectivity index (χ1v) is 11.0. The number of carbonyl (C=O) groups is 1. The first-order valence-electron chi connectivity index (χ1n) is 11.0. The molecule has 7 heteroatoms. The molecule has 4 aromatic rings. The standard InChI is InChI=1S/C25H27N5O2/c1-28-12-10-19(11-13-28)29(2)25(31)21-15-23(18-7-4-3-5-8-18)27-24-22(21)16-26-30(24)17-20-9-6-14-32-20/h3-9,14-16,19H,10-13,17H2,1-2H3. The van der Waals surface area contributed by atoms with Crippen molar-refractivity contribution in [1.29, 1.82) is 0 Å². The van der Waals surface area contributed by atoms with E-state index in [0.717, 1.165) is 48.3 Å². The number of hydrogen-bond acceptors (Lipinski definition) is 5. The lowest BCUT2D eigenvalue weighted by atomic mass is 10.0. The molecule has 0 saturated carbocycles. The molecule has 0 bridgehead atoms. The lowest BCUT2D eigenvalue weighted by molar-refractivity contribution is 0.0661. The predicted molar refractivity (Wildman–Crippen MR) is 123 cm³/mol. The maximum atomic E-state index is 13.7. The normalized spacial score (nSPS) is 15.3. The average molecular weight is 430 g/mol. The van der Waals surface area contributed by atoms with Crippen molar-refractivity contribution in [2.24, 2.45) is 0 Å². The van der Waals surface area contributed by atoms with Gasteiger partial charge in [-0.25, -0.2) is 9.67 Å². The number of nitrogens with zero attached hydrogens (tertiary/aromatic N) is 5. The van der Waals surface area contributed by atoms with Gasteiger partial charge in [-0.1, -0.05) is 30.3 Å². The third-order valence-corrected chi connectivity index (χ3v) is 6.35. The molecular weight excluding hydrogens is 402 g/mol. The van der Waals surface area contributed by atoms with Crippen molar-refractivity contribution in [1.82, 2.24) is 24.6 Å². The second-order valence-corrected chi connectivity index (χ2v) is 8.49. The number of carbonyl (C=O) groups excluding carboxylic acids is 1. The zero-order chi connectivity index (χ0) is 22.1. The average Bonchev–Trinajstić information content (AvgIpc) is 3.49. The van der Waals surface area contributed by atoms with E-state index in [1.165, 1.54) is 0 Å². The van der Waals surface area contributed by atoms with Gasteiger partial charge in [0.05, 0.1) is 29.1 Å². The van der Waals surface area contributed by atoms with Crippen LogP contribution in [0.15, 0.2) is 65.4 Å². The quantitative estimate of drug-likeness (QED) is 0.481. The number of furan rings is 1. The van der Waals surface area contributed by atoms with Crippen LogP contribution in [0.1, 0.15) is 29.0 Å². The summed E-state index contributed by atoms with van der Waals surface area (Å²) in [4.78, 5) is 22.8. The van der Waals surface area contributed by atoms with Gasteiger partial charge in [-0.15, -0.1) is 0 Å². The van der Waals surface area contributed by atoms with Crippen LogP contribution in [-0.4, -0.2) is 63.7 Å². The van der Waals surface area contributed by atoms with Crippen molar-refractivity contribution in [2.75, 3.05) is 27.2 Å². The summed E-state index contributed by atoms with van der Waals surface area (Å²) in [6.07, 6.45) is 5.36. The number of piperidine rings is 1. The fourth-order valence-electron chi connectivity index (χ4n) is 4.39. The van der Waals surface area contributed by atoms with Gasteiger partial charge in [0.15, 0.2) is 5.65 Å². The molecular formula is C25H27N5O2. The zero-order valence-corrected chi connectivity index (χ0v) is 18.4. The Hall–Kier alpha value is -3.45. The van der Waals surface area contributed by atoms with Gasteiger partial charge in [0, 0.05) is 18.7 Å². The summed E-state index contributed by atoms with van der Waals surface area (Å²) >= 11 is 0.